The van der Waals surface area contributed by atoms with Crippen LogP contribution < -0.4 is 12.4 Å². The van der Waals surface area contributed by atoms with Crippen molar-refractivity contribution in [3.05, 3.63) is 0 Å². The highest BCUT2D eigenvalue weighted by atomic mass is 35.5. The van der Waals surface area contributed by atoms with Gasteiger partial charge in [0.1, 0.15) is 0 Å². The molecule has 0 aromatic heterocycles. The highest BCUT2D eigenvalue weighted by Crippen LogP contribution is 2.13. The van der Waals surface area contributed by atoms with E-state index in [1.165, 1.54) is 103 Å². The van der Waals surface area contributed by atoms with E-state index >= 15 is 0 Å². The summed E-state index contributed by atoms with van der Waals surface area (Å²) >= 11 is 0. The van der Waals surface area contributed by atoms with Crippen molar-refractivity contribution in [2.24, 2.45) is 0 Å². The summed E-state index contributed by atoms with van der Waals surface area (Å²) in [6.07, 6.45) is 25.0. The normalized spacial score (nSPS) is 14.2. The molecule has 1 rings (SSSR count). The zero-order valence-electron chi connectivity index (χ0n) is 19.7. The van der Waals surface area contributed by atoms with Crippen LogP contribution in [0.5, 0.6) is 0 Å². The molecule has 1 aliphatic heterocycles. The first-order valence-corrected chi connectivity index (χ1v) is 14.4. The number of halogens is 1. The van der Waals surface area contributed by atoms with Gasteiger partial charge >= 0.3 is 0 Å². The van der Waals surface area contributed by atoms with Crippen molar-refractivity contribution in [1.29, 1.82) is 0 Å². The maximum atomic E-state index is 2.29. The largest absolute Gasteiger partial charge is 1.00 e. The first-order chi connectivity index (χ1) is 12.6. The summed E-state index contributed by atoms with van der Waals surface area (Å²) < 4.78 is 1.12. The molecule has 0 bridgehead atoms. The molecule has 1 saturated heterocycles. The molecule has 0 saturated carbocycles. The monoisotopic (exact) mass is 419 g/mol. The highest BCUT2D eigenvalue weighted by molar-refractivity contribution is 6.35. The number of hydrogen-bond donors (Lipinski definition) is 0. The van der Waals surface area contributed by atoms with Gasteiger partial charge in [0.25, 0.3) is 0 Å². The summed E-state index contributed by atoms with van der Waals surface area (Å²) in [4.78, 5) is 0. The van der Waals surface area contributed by atoms with Crippen molar-refractivity contribution in [3.8, 4) is 0 Å². The van der Waals surface area contributed by atoms with Crippen LogP contribution in [0, 0.1) is 0 Å². The number of nitrogens with zero attached hydrogens (tertiary/aromatic N) is 1. The molecule has 0 aromatic rings. The van der Waals surface area contributed by atoms with E-state index in [9.17, 15) is 0 Å². The molecular weight excluding hydrogens is 366 g/mol. The average Bonchev–Trinajstić information content (AvgIpc) is 2.63. The quantitative estimate of drug-likeness (QED) is 0.210. The molecule has 166 valence electrons. The van der Waals surface area contributed by atoms with Crippen molar-refractivity contribution in [1.82, 2.24) is 0 Å². The minimum atomic E-state index is 0. The van der Waals surface area contributed by atoms with E-state index in [1.54, 1.807) is 24.9 Å². The Morgan fingerprint density at radius 3 is 1.19 bits per heavy atom. The summed E-state index contributed by atoms with van der Waals surface area (Å²) in [5.41, 5.74) is 0. The number of hydrogen-bond acceptors (Lipinski definition) is 0. The summed E-state index contributed by atoms with van der Waals surface area (Å²) in [5, 5.41) is 0. The van der Waals surface area contributed by atoms with Gasteiger partial charge in [0.2, 0.25) is 0 Å². The molecular formula is C24H54ClNSi. The Bertz CT molecular complexity index is 250. The zero-order valence-corrected chi connectivity index (χ0v) is 21.8. The van der Waals surface area contributed by atoms with Crippen LogP contribution in [0.1, 0.15) is 116 Å². The molecule has 0 aliphatic carbocycles. The van der Waals surface area contributed by atoms with Gasteiger partial charge in [-0.1, -0.05) is 115 Å². The van der Waals surface area contributed by atoms with Crippen molar-refractivity contribution in [2.45, 2.75) is 128 Å². The predicted octanol–water partition coefficient (Wildman–Crippen LogP) is 4.35. The van der Waals surface area contributed by atoms with Gasteiger partial charge in [0.05, 0.1) is 27.7 Å². The van der Waals surface area contributed by atoms with Crippen LogP contribution in [0.2, 0.25) is 12.1 Å². The topological polar surface area (TPSA) is 0 Å². The maximum absolute atomic E-state index is 2.29. The number of rotatable bonds is 15. The lowest BCUT2D eigenvalue weighted by atomic mass is 10.0. The second-order valence-electron chi connectivity index (χ2n) is 9.73. The summed E-state index contributed by atoms with van der Waals surface area (Å²) in [6.45, 7) is 3.63. The number of unbranched alkanes of at least 4 members (excludes halogenated alkanes) is 13. The molecule has 0 amide bonds. The molecule has 1 fully saturated rings. The molecule has 0 radical (unpaired) electrons. The lowest BCUT2D eigenvalue weighted by molar-refractivity contribution is -0.870. The van der Waals surface area contributed by atoms with E-state index in [2.05, 4.69) is 28.1 Å². The third-order valence-corrected chi connectivity index (χ3v) is 7.68. The Balaban J connectivity index is 0. The standard InChI is InChI=1S/C19H42N.C5H12Si.ClH/c1-5-6-7-8-9-10-11-12-13-14-15-16-17-18-19-20(2,3)4;1-2-4-6-5-3-1;/h5-19H2,1-4H3;1-6H2;1H/q+1;;/p-1. The second kappa shape index (κ2) is 22.8. The van der Waals surface area contributed by atoms with Crippen LogP contribution in [0.3, 0.4) is 0 Å². The van der Waals surface area contributed by atoms with E-state index in [4.69, 9.17) is 0 Å². The lowest BCUT2D eigenvalue weighted by Crippen LogP contribution is -3.00. The Morgan fingerprint density at radius 1 is 0.556 bits per heavy atom. The summed E-state index contributed by atoms with van der Waals surface area (Å²) in [6, 6.07) is 3.28. The average molecular weight is 420 g/mol. The van der Waals surface area contributed by atoms with Gasteiger partial charge in [-0.3, -0.25) is 0 Å². The fourth-order valence-electron chi connectivity index (χ4n) is 3.84. The first kappa shape index (κ1) is 29.7. The second-order valence-corrected chi connectivity index (χ2v) is 11.9. The molecule has 0 spiro atoms. The molecule has 1 aliphatic rings. The van der Waals surface area contributed by atoms with Crippen molar-refractivity contribution in [2.75, 3.05) is 27.7 Å². The molecule has 0 aromatic carbocycles. The van der Waals surface area contributed by atoms with Crippen LogP contribution in [0.25, 0.3) is 0 Å². The van der Waals surface area contributed by atoms with Gasteiger partial charge in [0, 0.05) is 9.52 Å². The van der Waals surface area contributed by atoms with E-state index in [0.717, 1.165) is 4.48 Å². The SMILES string of the molecule is C1CC[SiH2]CC1.CCCCCCCCCCCCCCCC[N+](C)(C)C.[Cl-]. The molecule has 27 heavy (non-hydrogen) atoms. The molecule has 0 atom stereocenters. The van der Waals surface area contributed by atoms with Gasteiger partial charge < -0.3 is 16.9 Å². The van der Waals surface area contributed by atoms with Gasteiger partial charge in [0.15, 0.2) is 0 Å². The van der Waals surface area contributed by atoms with Gasteiger partial charge in [-0.25, -0.2) is 0 Å². The third kappa shape index (κ3) is 28.8. The number of quaternary nitrogens is 1. The highest BCUT2D eigenvalue weighted by Gasteiger charge is 2.04. The first-order valence-electron chi connectivity index (χ1n) is 12.4. The summed E-state index contributed by atoms with van der Waals surface area (Å²) in [7, 11) is 7.39. The van der Waals surface area contributed by atoms with Crippen LogP contribution >= 0.6 is 0 Å². The van der Waals surface area contributed by atoms with E-state index < -0.39 is 0 Å². The van der Waals surface area contributed by atoms with Crippen LogP contribution in [0.4, 0.5) is 0 Å². The van der Waals surface area contributed by atoms with Crippen LogP contribution in [0.15, 0.2) is 0 Å². The molecule has 1 heterocycles. The minimum Gasteiger partial charge on any atom is -1.00 e. The molecule has 0 unspecified atom stereocenters. The predicted molar refractivity (Wildman–Crippen MR) is 125 cm³/mol. The van der Waals surface area contributed by atoms with Crippen molar-refractivity contribution >= 4 is 9.52 Å². The van der Waals surface area contributed by atoms with Crippen LogP contribution in [-0.4, -0.2) is 41.7 Å². The zero-order chi connectivity index (χ0) is 19.3. The Hall–Kier alpha value is 0.467. The van der Waals surface area contributed by atoms with Crippen molar-refractivity contribution in [3.63, 3.8) is 0 Å². The van der Waals surface area contributed by atoms with E-state index in [0.29, 0.717) is 9.52 Å². The fourth-order valence-corrected chi connectivity index (χ4v) is 5.61. The van der Waals surface area contributed by atoms with Crippen molar-refractivity contribution < 1.29 is 16.9 Å². The minimum absolute atomic E-state index is 0. The van der Waals surface area contributed by atoms with Gasteiger partial charge in [-0.2, -0.15) is 0 Å². The van der Waals surface area contributed by atoms with E-state index in [1.807, 2.05) is 0 Å². The summed E-state index contributed by atoms with van der Waals surface area (Å²) in [5.74, 6) is 0. The maximum Gasteiger partial charge on any atom is 0.0780 e. The third-order valence-electron chi connectivity index (χ3n) is 5.68. The Labute approximate surface area is 182 Å². The smallest absolute Gasteiger partial charge is 0.0780 e. The molecule has 0 N–H and O–H groups in total. The van der Waals surface area contributed by atoms with Crippen LogP contribution in [-0.2, 0) is 0 Å². The van der Waals surface area contributed by atoms with Gasteiger partial charge in [-0.15, -0.1) is 0 Å². The van der Waals surface area contributed by atoms with Gasteiger partial charge in [-0.05, 0) is 12.8 Å². The lowest BCUT2D eigenvalue weighted by Gasteiger charge is -2.23. The molecule has 1 nitrogen and oxygen atoms in total. The molecule has 3 heteroatoms. The van der Waals surface area contributed by atoms with E-state index in [-0.39, 0.29) is 12.4 Å². The Morgan fingerprint density at radius 2 is 0.926 bits per heavy atom. The Kier molecular flexibility index (Phi) is 25.0. The fraction of sp³-hybridized carbons (Fsp3) is 1.00.